The van der Waals surface area contributed by atoms with Gasteiger partial charge in [-0.3, -0.25) is 0 Å². The minimum atomic E-state index is -0.390. The number of ether oxygens (including phenoxy) is 2. The number of hydrogen-bond donors (Lipinski definition) is 1. The van der Waals surface area contributed by atoms with Crippen LogP contribution in [0.3, 0.4) is 0 Å². The van der Waals surface area contributed by atoms with Crippen molar-refractivity contribution in [1.82, 2.24) is 0 Å². The number of anilines is 1. The van der Waals surface area contributed by atoms with Crippen molar-refractivity contribution < 1.29 is 14.3 Å². The molecule has 0 spiro atoms. The van der Waals surface area contributed by atoms with E-state index in [-0.39, 0.29) is 5.97 Å². The lowest BCUT2D eigenvalue weighted by molar-refractivity contribution is -0.136. The highest BCUT2D eigenvalue weighted by Crippen LogP contribution is 2.21. The molecule has 0 amide bonds. The molecule has 0 saturated heterocycles. The van der Waals surface area contributed by atoms with E-state index in [1.165, 1.54) is 0 Å². The molecular weight excluding hydrogens is 314 g/mol. The highest BCUT2D eigenvalue weighted by Gasteiger charge is 2.13. The van der Waals surface area contributed by atoms with E-state index in [4.69, 9.17) is 21.1 Å². The average molecular weight is 332 g/mol. The highest BCUT2D eigenvalue weighted by molar-refractivity contribution is 6.30. The van der Waals surface area contributed by atoms with Crippen molar-refractivity contribution in [3.63, 3.8) is 0 Å². The zero-order valence-corrected chi connectivity index (χ0v) is 13.8. The van der Waals surface area contributed by atoms with Gasteiger partial charge in [0.1, 0.15) is 5.75 Å². The average Bonchev–Trinajstić information content (AvgIpc) is 2.57. The summed E-state index contributed by atoms with van der Waals surface area (Å²) in [5.41, 5.74) is 2.00. The maximum Gasteiger partial charge on any atom is 0.340 e. The van der Waals surface area contributed by atoms with E-state index >= 15 is 0 Å². The van der Waals surface area contributed by atoms with Gasteiger partial charge in [0, 0.05) is 16.9 Å². The van der Waals surface area contributed by atoms with Crippen LogP contribution in [0, 0.1) is 0 Å². The fourth-order valence-electron chi connectivity index (χ4n) is 1.94. The van der Waals surface area contributed by atoms with Gasteiger partial charge in [-0.15, -0.1) is 0 Å². The van der Waals surface area contributed by atoms with E-state index in [0.29, 0.717) is 17.2 Å². The van der Waals surface area contributed by atoms with Crippen LogP contribution in [-0.2, 0) is 9.53 Å². The predicted octanol–water partition coefficient (Wildman–Crippen LogP) is 4.36. The fraction of sp³-hybridized carbons (Fsp3) is 0.167. The lowest BCUT2D eigenvalue weighted by Gasteiger charge is -2.09. The molecule has 0 saturated carbocycles. The Morgan fingerprint density at radius 1 is 1.13 bits per heavy atom. The van der Waals surface area contributed by atoms with Gasteiger partial charge >= 0.3 is 5.97 Å². The molecule has 0 unspecified atom stereocenters. The molecule has 120 valence electrons. The molecule has 0 atom stereocenters. The summed E-state index contributed by atoms with van der Waals surface area (Å²) in [5.74, 6) is 0.335. The summed E-state index contributed by atoms with van der Waals surface area (Å²) >= 11 is 5.86. The molecule has 0 aromatic heterocycles. The van der Waals surface area contributed by atoms with Crippen LogP contribution < -0.4 is 10.1 Å². The summed E-state index contributed by atoms with van der Waals surface area (Å²) in [5, 5.41) is 3.74. The predicted molar refractivity (Wildman–Crippen MR) is 92.7 cm³/mol. The molecule has 0 heterocycles. The van der Waals surface area contributed by atoms with Crippen LogP contribution in [0.1, 0.15) is 12.5 Å². The van der Waals surface area contributed by atoms with E-state index in [9.17, 15) is 4.79 Å². The van der Waals surface area contributed by atoms with Crippen molar-refractivity contribution in [2.75, 3.05) is 19.0 Å². The Bertz CT molecular complexity index is 678. The number of halogens is 1. The number of benzene rings is 2. The van der Waals surface area contributed by atoms with Crippen LogP contribution in [0.2, 0.25) is 5.02 Å². The molecule has 1 N–H and O–H groups in total. The first-order valence-corrected chi connectivity index (χ1v) is 7.55. The minimum absolute atomic E-state index is 0.313. The zero-order chi connectivity index (χ0) is 16.7. The molecule has 0 radical (unpaired) electrons. The summed E-state index contributed by atoms with van der Waals surface area (Å²) < 4.78 is 10.3. The largest absolute Gasteiger partial charge is 0.497 e. The molecular formula is C18H18ClNO3. The molecule has 2 aromatic rings. The summed E-state index contributed by atoms with van der Waals surface area (Å²) in [7, 11) is 1.60. The van der Waals surface area contributed by atoms with Gasteiger partial charge < -0.3 is 14.8 Å². The molecule has 2 rings (SSSR count). The van der Waals surface area contributed by atoms with Crippen LogP contribution in [0.25, 0.3) is 5.57 Å². The lowest BCUT2D eigenvalue weighted by atomic mass is 10.1. The maximum absolute atomic E-state index is 12.2. The van der Waals surface area contributed by atoms with Gasteiger partial charge in [0.05, 0.1) is 19.3 Å². The lowest BCUT2D eigenvalue weighted by Crippen LogP contribution is -2.08. The Morgan fingerprint density at radius 3 is 2.35 bits per heavy atom. The normalized spacial score (nSPS) is 11.0. The highest BCUT2D eigenvalue weighted by atomic mass is 35.5. The fourth-order valence-corrected chi connectivity index (χ4v) is 2.07. The summed E-state index contributed by atoms with van der Waals surface area (Å²) in [6.07, 6.45) is 1.63. The van der Waals surface area contributed by atoms with Crippen LogP contribution in [0.5, 0.6) is 5.75 Å². The molecule has 0 aliphatic rings. The summed E-state index contributed by atoms with van der Waals surface area (Å²) in [4.78, 5) is 12.2. The zero-order valence-electron chi connectivity index (χ0n) is 13.0. The Balaban J connectivity index is 2.26. The second kappa shape index (κ2) is 8.25. The van der Waals surface area contributed by atoms with Crippen LogP contribution in [0.15, 0.2) is 54.7 Å². The van der Waals surface area contributed by atoms with Crippen molar-refractivity contribution >= 4 is 28.8 Å². The van der Waals surface area contributed by atoms with Crippen molar-refractivity contribution in [3.05, 3.63) is 65.3 Å². The SMILES string of the molecule is CCOC(=O)/C(=C/Nc1ccc(Cl)cc1)c1ccc(OC)cc1. The van der Waals surface area contributed by atoms with Gasteiger partial charge in [-0.25, -0.2) is 4.79 Å². The van der Waals surface area contributed by atoms with E-state index < -0.39 is 0 Å². The van der Waals surface area contributed by atoms with Gasteiger partial charge in [0.15, 0.2) is 0 Å². The van der Waals surface area contributed by atoms with Crippen LogP contribution in [-0.4, -0.2) is 19.7 Å². The maximum atomic E-state index is 12.2. The van der Waals surface area contributed by atoms with Crippen LogP contribution in [0.4, 0.5) is 5.69 Å². The standard InChI is InChI=1S/C18H18ClNO3/c1-3-23-18(21)17(13-4-10-16(22-2)11-5-13)12-20-15-8-6-14(19)7-9-15/h4-12,20H,3H2,1-2H3/b17-12+. The number of carbonyl (C=O) groups excluding carboxylic acids is 1. The summed E-state index contributed by atoms with van der Waals surface area (Å²) in [6, 6.07) is 14.4. The van der Waals surface area contributed by atoms with Gasteiger partial charge in [-0.05, 0) is 48.9 Å². The van der Waals surface area contributed by atoms with E-state index in [1.807, 2.05) is 24.3 Å². The number of methoxy groups -OCH3 is 1. The van der Waals surface area contributed by atoms with Crippen molar-refractivity contribution in [2.24, 2.45) is 0 Å². The molecule has 0 aliphatic carbocycles. The number of rotatable bonds is 6. The second-order valence-corrected chi connectivity index (χ2v) is 5.09. The number of hydrogen-bond acceptors (Lipinski definition) is 4. The second-order valence-electron chi connectivity index (χ2n) is 4.66. The number of nitrogens with one attached hydrogen (secondary N) is 1. The van der Waals surface area contributed by atoms with Gasteiger partial charge in [-0.2, -0.15) is 0 Å². The first-order valence-electron chi connectivity index (χ1n) is 7.18. The Hall–Kier alpha value is -2.46. The Morgan fingerprint density at radius 2 is 1.78 bits per heavy atom. The Kier molecular flexibility index (Phi) is 6.06. The molecule has 0 fully saturated rings. The number of carbonyl (C=O) groups is 1. The smallest absolute Gasteiger partial charge is 0.340 e. The third-order valence-corrected chi connectivity index (χ3v) is 3.38. The first-order chi connectivity index (χ1) is 11.1. The Labute approximate surface area is 140 Å². The van der Waals surface area contributed by atoms with Gasteiger partial charge in [0.2, 0.25) is 0 Å². The molecule has 2 aromatic carbocycles. The molecule has 4 nitrogen and oxygen atoms in total. The van der Waals surface area contributed by atoms with Crippen molar-refractivity contribution in [3.8, 4) is 5.75 Å². The van der Waals surface area contributed by atoms with Gasteiger partial charge in [-0.1, -0.05) is 23.7 Å². The van der Waals surface area contributed by atoms with E-state index in [0.717, 1.165) is 17.0 Å². The summed E-state index contributed by atoms with van der Waals surface area (Å²) in [6.45, 7) is 2.09. The van der Waals surface area contributed by atoms with Crippen LogP contribution >= 0.6 is 11.6 Å². The molecule has 0 aliphatic heterocycles. The van der Waals surface area contributed by atoms with Crippen molar-refractivity contribution in [2.45, 2.75) is 6.92 Å². The molecule has 5 heteroatoms. The van der Waals surface area contributed by atoms with Gasteiger partial charge in [0.25, 0.3) is 0 Å². The van der Waals surface area contributed by atoms with Crippen molar-refractivity contribution in [1.29, 1.82) is 0 Å². The third-order valence-electron chi connectivity index (χ3n) is 3.12. The van der Waals surface area contributed by atoms with E-state index in [2.05, 4.69) is 5.32 Å². The number of esters is 1. The minimum Gasteiger partial charge on any atom is -0.497 e. The quantitative estimate of drug-likeness (QED) is 0.631. The third kappa shape index (κ3) is 4.76. The first kappa shape index (κ1) is 16.9. The van der Waals surface area contributed by atoms with E-state index in [1.54, 1.807) is 44.5 Å². The topological polar surface area (TPSA) is 47.6 Å². The monoisotopic (exact) mass is 331 g/mol. The molecule has 23 heavy (non-hydrogen) atoms. The molecule has 0 bridgehead atoms.